The molecule has 0 rings (SSSR count). The number of nitrogens with one attached hydrogen (secondary N) is 1. The second-order valence-electron chi connectivity index (χ2n) is 1.85. The van der Waals surface area contributed by atoms with Gasteiger partial charge in [-0.05, 0) is 7.05 Å². The second-order valence-corrected chi connectivity index (χ2v) is 3.38. The Hall–Kier alpha value is -0.0200. The molecule has 2 unspecified atom stereocenters. The number of ether oxygens (including phenoxy) is 1. The molecule has 5 heteroatoms. The maximum absolute atomic E-state index is 10.5. The molecule has 60 valence electrons. The highest BCUT2D eigenvalue weighted by atomic mass is 31.1. The molecular formula is C5H13NO3P+. The number of hydrogen-bond donors (Lipinski definition) is 2. The normalized spacial score (nSPS) is 14.9. The topological polar surface area (TPSA) is 58.6 Å². The lowest BCUT2D eigenvalue weighted by Crippen LogP contribution is -2.18. The van der Waals surface area contributed by atoms with E-state index in [1.165, 1.54) is 6.66 Å². The Morgan fingerprint density at radius 1 is 1.80 bits per heavy atom. The zero-order chi connectivity index (χ0) is 7.98. The molecule has 2 atom stereocenters. The molecule has 2 N–H and O–H groups in total. The highest BCUT2D eigenvalue weighted by Gasteiger charge is 2.21. The maximum atomic E-state index is 10.5. The van der Waals surface area contributed by atoms with Crippen LogP contribution in [0.1, 0.15) is 0 Å². The average molecular weight is 166 g/mol. The summed E-state index contributed by atoms with van der Waals surface area (Å²) >= 11 is 0. The van der Waals surface area contributed by atoms with Gasteiger partial charge in [0.25, 0.3) is 0 Å². The van der Waals surface area contributed by atoms with E-state index < -0.39 is 13.8 Å². The molecule has 0 aliphatic rings. The molecule has 0 aromatic rings. The molecule has 0 heterocycles. The Balaban J connectivity index is 3.21. The summed E-state index contributed by atoms with van der Waals surface area (Å²) in [5.41, 5.74) is 0. The summed E-state index contributed by atoms with van der Waals surface area (Å²) in [4.78, 5) is 0. The fourth-order valence-corrected chi connectivity index (χ4v) is 0.687. The van der Waals surface area contributed by atoms with Gasteiger partial charge in [-0.3, -0.25) is 0 Å². The van der Waals surface area contributed by atoms with Crippen molar-refractivity contribution < 1.29 is 14.4 Å². The fourth-order valence-electron chi connectivity index (χ4n) is 0.371. The average Bonchev–Trinajstić information content (AvgIpc) is 1.88. The van der Waals surface area contributed by atoms with E-state index in [1.54, 1.807) is 7.05 Å². The van der Waals surface area contributed by atoms with E-state index in [-0.39, 0.29) is 0 Å². The molecule has 10 heavy (non-hydrogen) atoms. The number of likely N-dealkylation sites (N-methyl/N-ethyl adjacent to an activating group) is 1. The molecule has 4 nitrogen and oxygen atoms in total. The molecule has 0 amide bonds. The van der Waals surface area contributed by atoms with E-state index in [1.807, 2.05) is 0 Å². The fraction of sp³-hybridized carbons (Fsp3) is 1.00. The van der Waals surface area contributed by atoms with Gasteiger partial charge in [-0.1, -0.05) is 4.57 Å². The first kappa shape index (κ1) is 9.98. The third-order valence-corrected chi connectivity index (χ3v) is 1.70. The molecule has 0 aliphatic heterocycles. The molecule has 0 saturated carbocycles. The van der Waals surface area contributed by atoms with Gasteiger partial charge in [0.1, 0.15) is 6.66 Å². The van der Waals surface area contributed by atoms with Crippen molar-refractivity contribution in [3.63, 3.8) is 0 Å². The van der Waals surface area contributed by atoms with Gasteiger partial charge in [-0.25, -0.2) is 0 Å². The first-order valence-corrected chi connectivity index (χ1v) is 4.80. The summed E-state index contributed by atoms with van der Waals surface area (Å²) in [6, 6.07) is -1.11. The largest absolute Gasteiger partial charge is 0.397 e. The monoisotopic (exact) mass is 166 g/mol. The minimum absolute atomic E-state index is 0.382. The van der Waals surface area contributed by atoms with Crippen LogP contribution in [0.15, 0.2) is 0 Å². The number of hydrogen-bond acceptors (Lipinski definition) is 4. The summed E-state index contributed by atoms with van der Waals surface area (Å²) in [6.07, 6.45) is 0. The molecule has 0 bridgehead atoms. The Morgan fingerprint density at radius 3 is 2.80 bits per heavy atom. The van der Waals surface area contributed by atoms with E-state index >= 15 is 0 Å². The van der Waals surface area contributed by atoms with Crippen LogP contribution in [0.5, 0.6) is 0 Å². The first-order chi connectivity index (χ1) is 4.68. The lowest BCUT2D eigenvalue weighted by Gasteiger charge is -2.00. The summed E-state index contributed by atoms with van der Waals surface area (Å²) in [6.45, 7) is 2.46. The molecule has 0 radical (unpaired) electrons. The minimum Gasteiger partial charge on any atom is -0.329 e. The van der Waals surface area contributed by atoms with Crippen LogP contribution >= 0.6 is 7.80 Å². The molecule has 0 aliphatic carbocycles. The van der Waals surface area contributed by atoms with Gasteiger partial charge < -0.3 is 15.2 Å². The summed E-state index contributed by atoms with van der Waals surface area (Å²) in [5.74, 6) is 0. The van der Waals surface area contributed by atoms with Crippen molar-refractivity contribution in [1.29, 1.82) is 0 Å². The van der Waals surface area contributed by atoms with Crippen molar-refractivity contribution in [1.82, 2.24) is 5.32 Å². The van der Waals surface area contributed by atoms with E-state index in [2.05, 4.69) is 5.32 Å². The van der Waals surface area contributed by atoms with Gasteiger partial charge >= 0.3 is 13.8 Å². The molecular weight excluding hydrogens is 153 g/mol. The highest BCUT2D eigenvalue weighted by Crippen LogP contribution is 2.20. The molecule has 0 aromatic carbocycles. The van der Waals surface area contributed by atoms with Gasteiger partial charge in [-0.15, -0.1) is 0 Å². The van der Waals surface area contributed by atoms with Crippen LogP contribution in [-0.2, 0) is 9.30 Å². The number of aliphatic hydroxyl groups is 1. The van der Waals surface area contributed by atoms with Crippen LogP contribution in [0.2, 0.25) is 0 Å². The molecule has 0 saturated heterocycles. The van der Waals surface area contributed by atoms with Crippen LogP contribution in [-0.4, -0.2) is 38.0 Å². The first-order valence-electron chi connectivity index (χ1n) is 3.02. The number of rotatable bonds is 5. The van der Waals surface area contributed by atoms with E-state index in [0.717, 1.165) is 0 Å². The van der Waals surface area contributed by atoms with Crippen LogP contribution in [0.3, 0.4) is 0 Å². The van der Waals surface area contributed by atoms with E-state index in [0.29, 0.717) is 13.2 Å². The smallest absolute Gasteiger partial charge is 0.329 e. The van der Waals surface area contributed by atoms with Crippen LogP contribution in [0, 0.1) is 0 Å². The van der Waals surface area contributed by atoms with Crippen molar-refractivity contribution in [3.8, 4) is 0 Å². The highest BCUT2D eigenvalue weighted by molar-refractivity contribution is 7.44. The van der Waals surface area contributed by atoms with Crippen molar-refractivity contribution in [2.24, 2.45) is 0 Å². The van der Waals surface area contributed by atoms with Crippen LogP contribution in [0.4, 0.5) is 0 Å². The van der Waals surface area contributed by atoms with Gasteiger partial charge in [0, 0.05) is 6.54 Å². The third kappa shape index (κ3) is 4.82. The summed E-state index contributed by atoms with van der Waals surface area (Å²) in [7, 11) is 0.157. The van der Waals surface area contributed by atoms with Crippen LogP contribution in [0.25, 0.3) is 0 Å². The Morgan fingerprint density at radius 2 is 2.40 bits per heavy atom. The van der Waals surface area contributed by atoms with Crippen molar-refractivity contribution in [2.75, 3.05) is 26.9 Å². The third-order valence-electron chi connectivity index (χ3n) is 0.930. The van der Waals surface area contributed by atoms with Crippen molar-refractivity contribution >= 4 is 7.80 Å². The Labute approximate surface area is 61.4 Å². The van der Waals surface area contributed by atoms with Gasteiger partial charge in [0.15, 0.2) is 0 Å². The lowest BCUT2D eigenvalue weighted by molar-refractivity contribution is -0.0363. The van der Waals surface area contributed by atoms with Crippen LogP contribution < -0.4 is 5.32 Å². The minimum atomic E-state index is -1.62. The second kappa shape index (κ2) is 5.74. The molecule has 0 aromatic heterocycles. The van der Waals surface area contributed by atoms with Crippen molar-refractivity contribution in [3.05, 3.63) is 0 Å². The molecule has 0 fully saturated rings. The maximum Gasteiger partial charge on any atom is 0.397 e. The van der Waals surface area contributed by atoms with Gasteiger partial charge in [-0.2, -0.15) is 0 Å². The standard InChI is InChI=1S/C5H13NO3P/c1-6-3-4-9-5(7)10(2)8/h5-7H,3-4H2,1-2H3/q+1. The zero-order valence-corrected chi connectivity index (χ0v) is 7.10. The summed E-state index contributed by atoms with van der Waals surface area (Å²) in [5, 5.41) is 11.7. The molecule has 0 spiro atoms. The quantitative estimate of drug-likeness (QED) is 0.341. The van der Waals surface area contributed by atoms with Gasteiger partial charge in [0.2, 0.25) is 0 Å². The Bertz CT molecular complexity index is 109. The number of aliphatic hydroxyl groups excluding tert-OH is 1. The van der Waals surface area contributed by atoms with E-state index in [9.17, 15) is 4.57 Å². The van der Waals surface area contributed by atoms with Gasteiger partial charge in [0.05, 0.1) is 6.61 Å². The predicted molar refractivity (Wildman–Crippen MR) is 39.4 cm³/mol. The lowest BCUT2D eigenvalue weighted by atomic mass is 10.7. The van der Waals surface area contributed by atoms with Crippen molar-refractivity contribution in [2.45, 2.75) is 6.03 Å². The van der Waals surface area contributed by atoms with E-state index in [4.69, 9.17) is 9.84 Å². The predicted octanol–water partition coefficient (Wildman–Crippen LogP) is -0.0445. The SMILES string of the molecule is CNCCOC(O)[P+](C)=O. The zero-order valence-electron chi connectivity index (χ0n) is 6.20. The summed E-state index contributed by atoms with van der Waals surface area (Å²) < 4.78 is 15.2. The Kier molecular flexibility index (Phi) is 5.73.